The van der Waals surface area contributed by atoms with Crippen LogP contribution in [-0.4, -0.2) is 32.1 Å². The third-order valence-corrected chi connectivity index (χ3v) is 5.10. The van der Waals surface area contributed by atoms with E-state index in [2.05, 4.69) is 15.9 Å². The number of hydrogen-bond donors (Lipinski definition) is 1. The van der Waals surface area contributed by atoms with Gasteiger partial charge in [0.2, 0.25) is 0 Å². The van der Waals surface area contributed by atoms with Gasteiger partial charge in [0.05, 0.1) is 22.9 Å². The molecule has 1 aromatic rings. The predicted molar refractivity (Wildman–Crippen MR) is 75.0 cm³/mol. The molecule has 0 fully saturated rings. The maximum absolute atomic E-state index is 11.5. The maximum Gasteiger partial charge on any atom is 0.152 e. The van der Waals surface area contributed by atoms with Crippen LogP contribution >= 0.6 is 27.5 Å². The fraction of sp³-hybridized carbons (Fsp3) is 0.455. The van der Waals surface area contributed by atoms with Crippen LogP contribution in [0.2, 0.25) is 5.02 Å². The normalized spacial score (nSPS) is 15.2. The minimum absolute atomic E-state index is 0.342. The lowest BCUT2D eigenvalue weighted by Gasteiger charge is -2.20. The Bertz CT molecular complexity index is 544. The van der Waals surface area contributed by atoms with Crippen LogP contribution in [0.5, 0.6) is 5.75 Å². The van der Waals surface area contributed by atoms with E-state index in [9.17, 15) is 13.5 Å². The summed E-state index contributed by atoms with van der Waals surface area (Å²) in [6.07, 6.45) is -0.127. The van der Waals surface area contributed by atoms with Gasteiger partial charge >= 0.3 is 0 Å². The largest absolute Gasteiger partial charge is 0.495 e. The lowest BCUT2D eigenvalue weighted by Crippen LogP contribution is -2.24. The molecule has 0 saturated carbocycles. The summed E-state index contributed by atoms with van der Waals surface area (Å²) >= 11 is 9.15. The third-order valence-electron chi connectivity index (χ3n) is 2.68. The number of aliphatic hydroxyl groups excluding tert-OH is 1. The average molecular weight is 358 g/mol. The predicted octanol–water partition coefficient (Wildman–Crippen LogP) is 2.58. The molecule has 2 unspecified atom stereocenters. The Morgan fingerprint density at radius 3 is 2.44 bits per heavy atom. The monoisotopic (exact) mass is 356 g/mol. The highest BCUT2D eigenvalue weighted by molar-refractivity contribution is 9.10. The van der Waals surface area contributed by atoms with Gasteiger partial charge in [0.25, 0.3) is 0 Å². The smallest absolute Gasteiger partial charge is 0.152 e. The van der Waals surface area contributed by atoms with Crippen LogP contribution in [0.15, 0.2) is 16.6 Å². The van der Waals surface area contributed by atoms with E-state index in [-0.39, 0.29) is 0 Å². The van der Waals surface area contributed by atoms with E-state index in [4.69, 9.17) is 16.3 Å². The van der Waals surface area contributed by atoms with Gasteiger partial charge < -0.3 is 9.84 Å². The van der Waals surface area contributed by atoms with Crippen molar-refractivity contribution in [1.82, 2.24) is 0 Å². The molecule has 4 nitrogen and oxygen atoms in total. The average Bonchev–Trinajstić information content (AvgIpc) is 2.24. The third kappa shape index (κ3) is 3.38. The van der Waals surface area contributed by atoms with Gasteiger partial charge in [0, 0.05) is 16.8 Å². The highest BCUT2D eigenvalue weighted by atomic mass is 79.9. The Kier molecular flexibility index (Phi) is 5.05. The summed E-state index contributed by atoms with van der Waals surface area (Å²) in [6.45, 7) is 1.44. The molecule has 1 rings (SSSR count). The number of rotatable bonds is 4. The molecular formula is C11H14BrClO4S. The molecule has 0 aliphatic carbocycles. The molecule has 1 aromatic carbocycles. The van der Waals surface area contributed by atoms with E-state index in [1.807, 2.05) is 0 Å². The summed E-state index contributed by atoms with van der Waals surface area (Å²) < 4.78 is 28.7. The van der Waals surface area contributed by atoms with Gasteiger partial charge in [-0.2, -0.15) is 0 Å². The Morgan fingerprint density at radius 2 is 2.00 bits per heavy atom. The summed E-state index contributed by atoms with van der Waals surface area (Å²) in [5.41, 5.74) is 0.342. The van der Waals surface area contributed by atoms with Gasteiger partial charge in [-0.3, -0.25) is 0 Å². The van der Waals surface area contributed by atoms with E-state index in [1.54, 1.807) is 6.07 Å². The highest BCUT2D eigenvalue weighted by Gasteiger charge is 2.28. The second-order valence-corrected chi connectivity index (χ2v) is 7.68. The van der Waals surface area contributed by atoms with Crippen LogP contribution < -0.4 is 4.74 Å². The van der Waals surface area contributed by atoms with E-state index >= 15 is 0 Å². The lowest BCUT2D eigenvalue weighted by molar-refractivity contribution is 0.171. The van der Waals surface area contributed by atoms with Crippen LogP contribution in [-0.2, 0) is 9.84 Å². The maximum atomic E-state index is 11.5. The Morgan fingerprint density at radius 1 is 1.44 bits per heavy atom. The van der Waals surface area contributed by atoms with Crippen LogP contribution in [0, 0.1) is 0 Å². The van der Waals surface area contributed by atoms with Crippen molar-refractivity contribution in [3.8, 4) is 5.75 Å². The van der Waals surface area contributed by atoms with Crippen molar-refractivity contribution in [2.24, 2.45) is 0 Å². The van der Waals surface area contributed by atoms with Crippen molar-refractivity contribution in [2.45, 2.75) is 18.3 Å². The van der Waals surface area contributed by atoms with Crippen molar-refractivity contribution >= 4 is 37.4 Å². The van der Waals surface area contributed by atoms with Gasteiger partial charge in [0.15, 0.2) is 9.84 Å². The first-order chi connectivity index (χ1) is 8.18. The van der Waals surface area contributed by atoms with Gasteiger partial charge in [-0.15, -0.1) is 0 Å². The van der Waals surface area contributed by atoms with Gasteiger partial charge in [0.1, 0.15) is 5.75 Å². The molecule has 0 saturated heterocycles. The molecule has 0 amide bonds. The van der Waals surface area contributed by atoms with E-state index in [0.717, 1.165) is 6.26 Å². The fourth-order valence-electron chi connectivity index (χ4n) is 1.50. The number of methoxy groups -OCH3 is 1. The summed E-state index contributed by atoms with van der Waals surface area (Å²) in [5, 5.41) is 9.59. The summed E-state index contributed by atoms with van der Waals surface area (Å²) in [5.74, 6) is 0.377. The van der Waals surface area contributed by atoms with Crippen molar-refractivity contribution in [2.75, 3.05) is 13.4 Å². The molecule has 1 N–H and O–H groups in total. The van der Waals surface area contributed by atoms with E-state index in [0.29, 0.717) is 20.8 Å². The SMILES string of the molecule is COc1c(Br)cc(Cl)cc1C(O)C(C)S(C)(=O)=O. The molecule has 0 aromatic heterocycles. The zero-order valence-corrected chi connectivity index (χ0v) is 13.3. The minimum atomic E-state index is -3.36. The first kappa shape index (κ1) is 15.8. The van der Waals surface area contributed by atoms with Gasteiger partial charge in [-0.25, -0.2) is 8.42 Å². The molecule has 0 radical (unpaired) electrons. The topological polar surface area (TPSA) is 63.6 Å². The molecule has 0 bridgehead atoms. The minimum Gasteiger partial charge on any atom is -0.495 e. The van der Waals surface area contributed by atoms with E-state index < -0.39 is 21.2 Å². The van der Waals surface area contributed by atoms with Crippen LogP contribution in [0.4, 0.5) is 0 Å². The lowest BCUT2D eigenvalue weighted by atomic mass is 10.1. The van der Waals surface area contributed by atoms with Crippen LogP contribution in [0.1, 0.15) is 18.6 Å². The zero-order chi connectivity index (χ0) is 14.1. The van der Waals surface area contributed by atoms with Gasteiger partial charge in [-0.1, -0.05) is 11.6 Å². The van der Waals surface area contributed by atoms with Crippen molar-refractivity contribution in [1.29, 1.82) is 0 Å². The van der Waals surface area contributed by atoms with E-state index in [1.165, 1.54) is 20.1 Å². The number of benzene rings is 1. The molecule has 0 aliphatic heterocycles. The Hall–Kier alpha value is -0.300. The first-order valence-electron chi connectivity index (χ1n) is 5.08. The number of sulfone groups is 1. The summed E-state index contributed by atoms with van der Waals surface area (Å²) in [4.78, 5) is 0. The summed E-state index contributed by atoms with van der Waals surface area (Å²) in [7, 11) is -1.93. The summed E-state index contributed by atoms with van der Waals surface area (Å²) in [6, 6.07) is 3.11. The number of hydrogen-bond acceptors (Lipinski definition) is 4. The molecule has 102 valence electrons. The number of halogens is 2. The molecule has 0 spiro atoms. The van der Waals surface area contributed by atoms with Crippen molar-refractivity contribution < 1.29 is 18.3 Å². The number of aliphatic hydroxyl groups is 1. The number of ether oxygens (including phenoxy) is 1. The zero-order valence-electron chi connectivity index (χ0n) is 10.1. The molecule has 0 heterocycles. The molecule has 2 atom stereocenters. The Balaban J connectivity index is 3.32. The fourth-order valence-corrected chi connectivity index (χ4v) is 3.11. The quantitative estimate of drug-likeness (QED) is 0.899. The molecule has 18 heavy (non-hydrogen) atoms. The van der Waals surface area contributed by atoms with Crippen LogP contribution in [0.25, 0.3) is 0 Å². The highest BCUT2D eigenvalue weighted by Crippen LogP contribution is 2.38. The van der Waals surface area contributed by atoms with Crippen LogP contribution in [0.3, 0.4) is 0 Å². The van der Waals surface area contributed by atoms with Crippen molar-refractivity contribution in [3.63, 3.8) is 0 Å². The second kappa shape index (κ2) is 5.77. The molecule has 0 aliphatic rings. The van der Waals surface area contributed by atoms with Crippen molar-refractivity contribution in [3.05, 3.63) is 27.2 Å². The Labute approximate surface area is 120 Å². The van der Waals surface area contributed by atoms with Gasteiger partial charge in [-0.05, 0) is 35.0 Å². The standard InChI is InChI=1S/C11H14BrClO4S/c1-6(18(3,15)16)10(14)8-4-7(13)5-9(12)11(8)17-2/h4-6,10,14H,1-3H3. The molecular weight excluding hydrogens is 344 g/mol. The molecule has 7 heteroatoms. The first-order valence-corrected chi connectivity index (χ1v) is 8.21. The second-order valence-electron chi connectivity index (χ2n) is 3.99.